The summed E-state index contributed by atoms with van der Waals surface area (Å²) in [5.74, 6) is 0. The van der Waals surface area contributed by atoms with Gasteiger partial charge in [-0.05, 0) is 12.0 Å². The second-order valence-corrected chi connectivity index (χ2v) is 3.60. The molecule has 1 N–H and O–H groups in total. The van der Waals surface area contributed by atoms with Crippen molar-refractivity contribution in [3.8, 4) is 0 Å². The van der Waals surface area contributed by atoms with Gasteiger partial charge in [0.15, 0.2) is 0 Å². The fourth-order valence-electron chi connectivity index (χ4n) is 1.24. The van der Waals surface area contributed by atoms with Gasteiger partial charge in [-0.2, -0.15) is 0 Å². The first-order valence-corrected chi connectivity index (χ1v) is 5.85. The minimum absolute atomic E-state index is 0.280. The third kappa shape index (κ3) is 6.58. The first-order chi connectivity index (χ1) is 8.33. The fourth-order valence-corrected chi connectivity index (χ4v) is 1.24. The lowest BCUT2D eigenvalue weighted by Crippen LogP contribution is -2.26. The Kier molecular flexibility index (Phi) is 6.82. The first kappa shape index (κ1) is 13.5. The topological polar surface area (TPSA) is 47.6 Å². The van der Waals surface area contributed by atoms with Gasteiger partial charge < -0.3 is 14.8 Å². The standard InChI is InChI=1S/C13H19NO3/c1-2-8-14-13(15)17-10-9-16-11-12-6-4-3-5-7-12/h3-7H,2,8-11H2,1H3,(H,14,15). The van der Waals surface area contributed by atoms with Gasteiger partial charge in [-0.1, -0.05) is 37.3 Å². The van der Waals surface area contributed by atoms with E-state index in [1.165, 1.54) is 0 Å². The highest BCUT2D eigenvalue weighted by molar-refractivity contribution is 5.66. The van der Waals surface area contributed by atoms with Gasteiger partial charge in [0.25, 0.3) is 0 Å². The number of hydrogen-bond donors (Lipinski definition) is 1. The average molecular weight is 237 g/mol. The maximum absolute atomic E-state index is 11.0. The van der Waals surface area contributed by atoms with Gasteiger partial charge in [-0.3, -0.25) is 0 Å². The van der Waals surface area contributed by atoms with Gasteiger partial charge in [0, 0.05) is 6.54 Å². The molecular weight excluding hydrogens is 218 g/mol. The molecule has 1 rings (SSSR count). The van der Waals surface area contributed by atoms with Crippen molar-refractivity contribution in [3.05, 3.63) is 35.9 Å². The SMILES string of the molecule is CCCNC(=O)OCCOCc1ccccc1. The molecule has 0 aromatic heterocycles. The number of hydrogen-bond acceptors (Lipinski definition) is 3. The summed E-state index contributed by atoms with van der Waals surface area (Å²) in [6.45, 7) is 3.87. The molecule has 4 nitrogen and oxygen atoms in total. The van der Waals surface area contributed by atoms with Crippen molar-refractivity contribution in [2.75, 3.05) is 19.8 Å². The lowest BCUT2D eigenvalue weighted by Gasteiger charge is -2.06. The Morgan fingerprint density at radius 2 is 2.00 bits per heavy atom. The van der Waals surface area contributed by atoms with Crippen LogP contribution in [0.2, 0.25) is 0 Å². The van der Waals surface area contributed by atoms with Crippen molar-refractivity contribution in [3.63, 3.8) is 0 Å². The van der Waals surface area contributed by atoms with Crippen molar-refractivity contribution in [2.24, 2.45) is 0 Å². The van der Waals surface area contributed by atoms with E-state index >= 15 is 0 Å². The fraction of sp³-hybridized carbons (Fsp3) is 0.462. The number of amides is 1. The van der Waals surface area contributed by atoms with Gasteiger partial charge in [0.1, 0.15) is 6.61 Å². The highest BCUT2D eigenvalue weighted by Gasteiger charge is 1.99. The maximum atomic E-state index is 11.0. The van der Waals surface area contributed by atoms with Crippen molar-refractivity contribution in [1.29, 1.82) is 0 Å². The maximum Gasteiger partial charge on any atom is 0.407 e. The molecule has 0 aliphatic heterocycles. The van der Waals surface area contributed by atoms with Crippen molar-refractivity contribution >= 4 is 6.09 Å². The van der Waals surface area contributed by atoms with E-state index in [9.17, 15) is 4.79 Å². The second kappa shape index (κ2) is 8.58. The highest BCUT2D eigenvalue weighted by Crippen LogP contribution is 1.99. The Labute approximate surface area is 102 Å². The van der Waals surface area contributed by atoms with Crippen LogP contribution in [0.5, 0.6) is 0 Å². The molecule has 0 heterocycles. The summed E-state index contributed by atoms with van der Waals surface area (Å²) in [6.07, 6.45) is 0.523. The summed E-state index contributed by atoms with van der Waals surface area (Å²) in [5.41, 5.74) is 1.11. The minimum atomic E-state index is -0.379. The third-order valence-electron chi connectivity index (χ3n) is 2.09. The zero-order chi connectivity index (χ0) is 12.3. The van der Waals surface area contributed by atoms with E-state index in [2.05, 4.69) is 5.32 Å². The van der Waals surface area contributed by atoms with Gasteiger partial charge in [-0.25, -0.2) is 4.79 Å². The Hall–Kier alpha value is -1.55. The largest absolute Gasteiger partial charge is 0.447 e. The van der Waals surface area contributed by atoms with Crippen LogP contribution in [-0.2, 0) is 16.1 Å². The second-order valence-electron chi connectivity index (χ2n) is 3.60. The average Bonchev–Trinajstić information content (AvgIpc) is 2.37. The minimum Gasteiger partial charge on any atom is -0.447 e. The van der Waals surface area contributed by atoms with Crippen LogP contribution in [-0.4, -0.2) is 25.9 Å². The number of alkyl carbamates (subject to hydrolysis) is 1. The molecule has 0 aliphatic carbocycles. The highest BCUT2D eigenvalue weighted by atomic mass is 16.6. The molecule has 94 valence electrons. The summed E-state index contributed by atoms with van der Waals surface area (Å²) >= 11 is 0. The lowest BCUT2D eigenvalue weighted by molar-refractivity contribution is 0.0648. The summed E-state index contributed by atoms with van der Waals surface area (Å²) in [4.78, 5) is 11.0. The Morgan fingerprint density at radius 3 is 2.71 bits per heavy atom. The van der Waals surface area contributed by atoms with Gasteiger partial charge in [0.2, 0.25) is 0 Å². The van der Waals surface area contributed by atoms with Crippen LogP contribution < -0.4 is 5.32 Å². The number of ether oxygens (including phenoxy) is 2. The third-order valence-corrected chi connectivity index (χ3v) is 2.09. The van der Waals surface area contributed by atoms with Crippen LogP contribution in [0, 0.1) is 0 Å². The zero-order valence-corrected chi connectivity index (χ0v) is 10.1. The number of carbonyl (C=O) groups is 1. The lowest BCUT2D eigenvalue weighted by atomic mass is 10.2. The van der Waals surface area contributed by atoms with Crippen LogP contribution in [0.15, 0.2) is 30.3 Å². The number of carbonyl (C=O) groups excluding carboxylic acids is 1. The summed E-state index contributed by atoms with van der Waals surface area (Å²) in [6, 6.07) is 9.88. The number of benzene rings is 1. The predicted molar refractivity (Wildman–Crippen MR) is 65.7 cm³/mol. The predicted octanol–water partition coefficient (Wildman–Crippen LogP) is 2.34. The molecule has 1 aromatic carbocycles. The zero-order valence-electron chi connectivity index (χ0n) is 10.1. The quantitative estimate of drug-likeness (QED) is 0.740. The van der Waals surface area contributed by atoms with E-state index in [1.807, 2.05) is 37.3 Å². The summed E-state index contributed by atoms with van der Waals surface area (Å²) < 4.78 is 10.3. The van der Waals surface area contributed by atoms with Crippen LogP contribution in [0.4, 0.5) is 4.79 Å². The van der Waals surface area contributed by atoms with E-state index < -0.39 is 0 Å². The van der Waals surface area contributed by atoms with Crippen LogP contribution >= 0.6 is 0 Å². The monoisotopic (exact) mass is 237 g/mol. The Balaban J connectivity index is 1.99. The van der Waals surface area contributed by atoms with Crippen molar-refractivity contribution in [2.45, 2.75) is 20.0 Å². The molecule has 0 atom stereocenters. The van der Waals surface area contributed by atoms with Gasteiger partial charge in [0.05, 0.1) is 13.2 Å². The first-order valence-electron chi connectivity index (χ1n) is 5.85. The molecule has 0 saturated carbocycles. The molecule has 0 radical (unpaired) electrons. The summed E-state index contributed by atoms with van der Waals surface area (Å²) in [7, 11) is 0. The molecule has 0 fully saturated rings. The van der Waals surface area contributed by atoms with E-state index in [0.717, 1.165) is 12.0 Å². The molecule has 1 aromatic rings. The van der Waals surface area contributed by atoms with Crippen LogP contribution in [0.3, 0.4) is 0 Å². The van der Waals surface area contributed by atoms with E-state index in [1.54, 1.807) is 0 Å². The van der Waals surface area contributed by atoms with Gasteiger partial charge >= 0.3 is 6.09 Å². The van der Waals surface area contributed by atoms with Gasteiger partial charge in [-0.15, -0.1) is 0 Å². The molecule has 17 heavy (non-hydrogen) atoms. The molecule has 0 saturated heterocycles. The number of nitrogens with one attached hydrogen (secondary N) is 1. The molecule has 4 heteroatoms. The Bertz CT molecular complexity index is 314. The molecule has 0 unspecified atom stereocenters. The molecular formula is C13H19NO3. The van der Waals surface area contributed by atoms with E-state index in [4.69, 9.17) is 9.47 Å². The van der Waals surface area contributed by atoms with Crippen molar-refractivity contribution in [1.82, 2.24) is 5.32 Å². The smallest absolute Gasteiger partial charge is 0.407 e. The van der Waals surface area contributed by atoms with E-state index in [0.29, 0.717) is 19.8 Å². The Morgan fingerprint density at radius 1 is 1.24 bits per heavy atom. The van der Waals surface area contributed by atoms with Crippen molar-refractivity contribution < 1.29 is 14.3 Å². The molecule has 1 amide bonds. The normalized spacial score (nSPS) is 9.94. The van der Waals surface area contributed by atoms with Crippen LogP contribution in [0.25, 0.3) is 0 Å². The molecule has 0 aliphatic rings. The van der Waals surface area contributed by atoms with E-state index in [-0.39, 0.29) is 12.7 Å². The molecule has 0 spiro atoms. The number of rotatable bonds is 7. The summed E-state index contributed by atoms with van der Waals surface area (Å²) in [5, 5.41) is 2.62. The molecule has 0 bridgehead atoms. The van der Waals surface area contributed by atoms with Crippen LogP contribution in [0.1, 0.15) is 18.9 Å².